The third-order valence-corrected chi connectivity index (χ3v) is 9.24. The van der Waals surface area contributed by atoms with E-state index in [4.69, 9.17) is 4.99 Å². The first-order chi connectivity index (χ1) is 24.3. The van der Waals surface area contributed by atoms with Crippen molar-refractivity contribution in [3.8, 4) is 11.1 Å². The van der Waals surface area contributed by atoms with Gasteiger partial charge in [0, 0.05) is 44.8 Å². The predicted molar refractivity (Wildman–Crippen MR) is 197 cm³/mol. The highest BCUT2D eigenvalue weighted by atomic mass is 16.4. The van der Waals surface area contributed by atoms with Crippen molar-refractivity contribution in [3.63, 3.8) is 0 Å². The highest BCUT2D eigenvalue weighted by Crippen LogP contribution is 2.40. The Morgan fingerprint density at radius 2 is 1.16 bits per heavy atom. The van der Waals surface area contributed by atoms with Gasteiger partial charge in [-0.25, -0.2) is 14.6 Å². The van der Waals surface area contributed by atoms with Crippen molar-refractivity contribution in [2.24, 2.45) is 4.99 Å². The molecule has 254 valence electrons. The minimum Gasteiger partial charge on any atom is -0.478 e. The number of H-pyrrole nitrogens is 1. The van der Waals surface area contributed by atoms with Gasteiger partial charge in [-0.2, -0.15) is 0 Å². The van der Waals surface area contributed by atoms with Gasteiger partial charge in [0.2, 0.25) is 0 Å². The largest absolute Gasteiger partial charge is 0.478 e. The maximum atomic E-state index is 12.5. The molecule has 3 aliphatic rings. The first-order valence-corrected chi connectivity index (χ1v) is 16.0. The molecular formula is C41H34N4O6. The maximum absolute atomic E-state index is 12.5. The smallest absolute Gasteiger partial charge is 0.335 e. The standard InChI is InChI=1S/C41H34N4O6/c1-7-28-20(3)38(46)44-32(28)17-30-22(5)36(24-9-13-26(14-10-24)40(48)49)34(42-30)19-35-37(25-11-15-27(16-12-25)41(50)51)23(6)31(43-35)18-33-29(8-2)21(4)39(47)45-33/h7-19,42H,1-2H2,3-6H3,(H,44,46)(H,45,47)(H,48,49)(H,50,51)/b32-17-,33-18-,35-19?. The van der Waals surface area contributed by atoms with E-state index in [1.807, 2.05) is 26.0 Å². The number of aliphatic imine (C=N–C) groups is 1. The Labute approximate surface area is 294 Å². The quantitative estimate of drug-likeness (QED) is 0.162. The SMILES string of the molecule is C=CC1=C(C)C(=O)N/C1=C\C1=NC(=Cc2[nH]c(/C=C3\NC(=O)C(C)=C3C=C)c(C)c2-c2ccc(C(=O)O)cc2)C(c2ccc(C(=O)O)cc2)=C1C. The van der Waals surface area contributed by atoms with Gasteiger partial charge in [0.1, 0.15) is 0 Å². The minimum absolute atomic E-state index is 0.139. The number of aromatic carboxylic acids is 2. The van der Waals surface area contributed by atoms with E-state index in [-0.39, 0.29) is 22.9 Å². The van der Waals surface area contributed by atoms with Gasteiger partial charge in [0.05, 0.1) is 33.9 Å². The number of carboxylic acid groups (broad SMARTS) is 2. The summed E-state index contributed by atoms with van der Waals surface area (Å²) in [7, 11) is 0. The van der Waals surface area contributed by atoms with Crippen LogP contribution in [0.15, 0.2) is 130 Å². The lowest BCUT2D eigenvalue weighted by atomic mass is 9.95. The Morgan fingerprint density at radius 1 is 0.667 bits per heavy atom. The fraction of sp³-hybridized carbons (Fsp3) is 0.0976. The number of nitrogens with zero attached hydrogens (tertiary/aromatic N) is 1. The number of allylic oxidation sites excluding steroid dienone is 5. The third kappa shape index (κ3) is 6.15. The van der Waals surface area contributed by atoms with Gasteiger partial charge in [-0.15, -0.1) is 0 Å². The van der Waals surface area contributed by atoms with Crippen LogP contribution < -0.4 is 10.6 Å². The van der Waals surface area contributed by atoms with E-state index >= 15 is 0 Å². The molecule has 3 aromatic rings. The van der Waals surface area contributed by atoms with E-state index in [0.29, 0.717) is 56.5 Å². The zero-order valence-corrected chi connectivity index (χ0v) is 28.4. The van der Waals surface area contributed by atoms with Crippen molar-refractivity contribution < 1.29 is 29.4 Å². The summed E-state index contributed by atoms with van der Waals surface area (Å²) in [5, 5.41) is 24.9. The molecule has 0 unspecified atom stereocenters. The highest BCUT2D eigenvalue weighted by molar-refractivity contribution is 6.21. The first kappa shape index (κ1) is 34.1. The van der Waals surface area contributed by atoms with Crippen molar-refractivity contribution in [1.82, 2.24) is 15.6 Å². The fourth-order valence-electron chi connectivity index (χ4n) is 6.41. The van der Waals surface area contributed by atoms with Crippen LogP contribution in [-0.2, 0) is 9.59 Å². The zero-order chi connectivity index (χ0) is 36.7. The first-order valence-electron chi connectivity index (χ1n) is 16.0. The molecule has 2 aromatic carbocycles. The molecule has 0 spiro atoms. The Bertz CT molecular complexity index is 2340. The normalized spacial score (nSPS) is 18.3. The minimum atomic E-state index is -1.04. The number of aromatic amines is 1. The fourth-order valence-corrected chi connectivity index (χ4v) is 6.41. The Balaban J connectivity index is 1.57. The summed E-state index contributed by atoms with van der Waals surface area (Å²) in [4.78, 5) is 56.9. The molecule has 3 aliphatic heterocycles. The van der Waals surface area contributed by atoms with Gasteiger partial charge in [-0.1, -0.05) is 49.6 Å². The monoisotopic (exact) mass is 678 g/mol. The molecule has 0 bridgehead atoms. The lowest BCUT2D eigenvalue weighted by Crippen LogP contribution is -2.16. The number of carboxylic acids is 2. The van der Waals surface area contributed by atoms with E-state index < -0.39 is 11.9 Å². The molecule has 0 saturated carbocycles. The van der Waals surface area contributed by atoms with Crippen molar-refractivity contribution in [2.45, 2.75) is 27.7 Å². The zero-order valence-electron chi connectivity index (χ0n) is 28.4. The van der Waals surface area contributed by atoms with Gasteiger partial charge in [-0.3, -0.25) is 9.59 Å². The van der Waals surface area contributed by atoms with Gasteiger partial charge >= 0.3 is 11.9 Å². The van der Waals surface area contributed by atoms with E-state index in [1.165, 1.54) is 12.1 Å². The summed E-state index contributed by atoms with van der Waals surface area (Å²) < 4.78 is 0. The van der Waals surface area contributed by atoms with E-state index in [1.54, 1.807) is 68.5 Å². The van der Waals surface area contributed by atoms with Crippen LogP contribution in [-0.4, -0.2) is 44.7 Å². The van der Waals surface area contributed by atoms with E-state index in [9.17, 15) is 29.4 Å². The topological polar surface area (TPSA) is 161 Å². The molecule has 0 saturated heterocycles. The third-order valence-electron chi connectivity index (χ3n) is 9.24. The number of carbonyl (C=O) groups excluding carboxylic acids is 2. The molecule has 0 atom stereocenters. The Hall–Kier alpha value is -6.81. The number of aromatic nitrogens is 1. The number of hydrogen-bond acceptors (Lipinski definition) is 5. The molecule has 2 amide bonds. The van der Waals surface area contributed by atoms with E-state index in [2.05, 4.69) is 28.8 Å². The van der Waals surface area contributed by atoms with Crippen LogP contribution in [0.4, 0.5) is 0 Å². The molecule has 5 N–H and O–H groups in total. The number of nitrogens with one attached hydrogen (secondary N) is 3. The van der Waals surface area contributed by atoms with Crippen molar-refractivity contribution in [3.05, 3.63) is 159 Å². The van der Waals surface area contributed by atoms with E-state index in [0.717, 1.165) is 33.4 Å². The summed E-state index contributed by atoms with van der Waals surface area (Å²) in [6.07, 6.45) is 8.77. The van der Waals surface area contributed by atoms with Crippen LogP contribution in [0.3, 0.4) is 0 Å². The summed E-state index contributed by atoms with van der Waals surface area (Å²) >= 11 is 0. The van der Waals surface area contributed by atoms with Crippen molar-refractivity contribution in [2.75, 3.05) is 0 Å². The molecule has 0 radical (unpaired) electrons. The second kappa shape index (κ2) is 13.2. The Morgan fingerprint density at radius 3 is 1.65 bits per heavy atom. The lowest BCUT2D eigenvalue weighted by molar-refractivity contribution is -0.117. The van der Waals surface area contributed by atoms with Gasteiger partial charge in [0.25, 0.3) is 11.8 Å². The lowest BCUT2D eigenvalue weighted by Gasteiger charge is -2.09. The number of amides is 2. The van der Waals surface area contributed by atoms with Gasteiger partial charge < -0.3 is 25.8 Å². The highest BCUT2D eigenvalue weighted by Gasteiger charge is 2.27. The summed E-state index contributed by atoms with van der Waals surface area (Å²) in [6, 6.07) is 13.1. The van der Waals surface area contributed by atoms with Crippen LogP contribution in [0.5, 0.6) is 0 Å². The molecule has 10 nitrogen and oxygen atoms in total. The second-order valence-corrected chi connectivity index (χ2v) is 12.3. The summed E-state index contributed by atoms with van der Waals surface area (Å²) in [5.74, 6) is -2.52. The van der Waals surface area contributed by atoms with Gasteiger partial charge in [0.15, 0.2) is 0 Å². The Kier molecular flexibility index (Phi) is 8.85. The maximum Gasteiger partial charge on any atom is 0.335 e. The number of rotatable bonds is 9. The molecule has 4 heterocycles. The van der Waals surface area contributed by atoms with Crippen LogP contribution in [0.1, 0.15) is 64.0 Å². The molecule has 10 heteroatoms. The number of hydrogen-bond donors (Lipinski definition) is 5. The predicted octanol–water partition coefficient (Wildman–Crippen LogP) is 7.15. The van der Waals surface area contributed by atoms with Crippen molar-refractivity contribution in [1.29, 1.82) is 0 Å². The van der Waals surface area contributed by atoms with Crippen LogP contribution in [0.2, 0.25) is 0 Å². The molecule has 0 fully saturated rings. The molecule has 6 rings (SSSR count). The number of benzene rings is 2. The van der Waals surface area contributed by atoms with Crippen LogP contribution in [0.25, 0.3) is 28.9 Å². The summed E-state index contributed by atoms with van der Waals surface area (Å²) in [6.45, 7) is 15.0. The number of carbonyl (C=O) groups is 4. The van der Waals surface area contributed by atoms with Crippen LogP contribution in [0, 0.1) is 6.92 Å². The molecule has 51 heavy (non-hydrogen) atoms. The molecule has 1 aromatic heterocycles. The second-order valence-electron chi connectivity index (χ2n) is 12.3. The average molecular weight is 679 g/mol. The van der Waals surface area contributed by atoms with Crippen LogP contribution >= 0.6 is 0 Å². The molecular weight excluding hydrogens is 644 g/mol. The van der Waals surface area contributed by atoms with Crippen molar-refractivity contribution >= 4 is 47.2 Å². The molecule has 0 aliphatic carbocycles. The average Bonchev–Trinajstić information content (AvgIpc) is 3.76. The van der Waals surface area contributed by atoms with Gasteiger partial charge in [-0.05, 0) is 92.5 Å². The summed E-state index contributed by atoms with van der Waals surface area (Å²) in [5.41, 5.74) is 11.0.